The van der Waals surface area contributed by atoms with Crippen molar-refractivity contribution in [1.29, 1.82) is 0 Å². The Morgan fingerprint density at radius 1 is 1.12 bits per heavy atom. The lowest BCUT2D eigenvalue weighted by Crippen LogP contribution is -2.36. The number of hydrogen-bond donors (Lipinski definition) is 1. The number of nitrogens with one attached hydrogen (secondary N) is 1. The van der Waals surface area contributed by atoms with Crippen LogP contribution in [0.5, 0.6) is 0 Å². The zero-order valence-corrected chi connectivity index (χ0v) is 15.4. The highest BCUT2D eigenvalue weighted by Gasteiger charge is 2.35. The summed E-state index contributed by atoms with van der Waals surface area (Å²) in [6.45, 7) is 2.17. The Morgan fingerprint density at radius 2 is 1.96 bits per heavy atom. The molecule has 4 atom stereocenters. The van der Waals surface area contributed by atoms with Gasteiger partial charge in [-0.3, -0.25) is 9.88 Å². The maximum Gasteiger partial charge on any atom is 0.123 e. The molecular weight excluding hydrogens is 325 g/mol. The van der Waals surface area contributed by atoms with Crippen LogP contribution in [0.3, 0.4) is 0 Å². The fraction of sp³-hybridized carbons (Fsp3) is 0.500. The number of aromatic nitrogens is 1. The summed E-state index contributed by atoms with van der Waals surface area (Å²) in [7, 11) is 2.22. The Labute approximate surface area is 155 Å². The Morgan fingerprint density at radius 3 is 2.73 bits per heavy atom. The van der Waals surface area contributed by atoms with Gasteiger partial charge >= 0.3 is 0 Å². The first-order valence-corrected chi connectivity index (χ1v) is 9.81. The van der Waals surface area contributed by atoms with Crippen LogP contribution < -0.4 is 5.32 Å². The third kappa shape index (κ3) is 3.67. The first-order chi connectivity index (χ1) is 12.7. The molecule has 0 radical (unpaired) electrons. The maximum absolute atomic E-state index is 13.2. The molecule has 1 aromatic heterocycles. The van der Waals surface area contributed by atoms with Crippen molar-refractivity contribution in [1.82, 2.24) is 15.2 Å². The molecule has 4 heteroatoms. The summed E-state index contributed by atoms with van der Waals surface area (Å²) in [5, 5.41) is 3.87. The van der Waals surface area contributed by atoms with E-state index in [1.54, 1.807) is 12.1 Å². The predicted molar refractivity (Wildman–Crippen MR) is 102 cm³/mol. The summed E-state index contributed by atoms with van der Waals surface area (Å²) in [6, 6.07) is 12.3. The molecule has 1 aliphatic carbocycles. The van der Waals surface area contributed by atoms with Gasteiger partial charge in [0.05, 0.1) is 0 Å². The molecule has 0 amide bonds. The molecule has 138 valence electrons. The van der Waals surface area contributed by atoms with E-state index in [0.717, 1.165) is 13.1 Å². The fourth-order valence-electron chi connectivity index (χ4n) is 4.93. The number of pyridine rings is 1. The third-order valence-electron chi connectivity index (χ3n) is 6.26. The van der Waals surface area contributed by atoms with E-state index in [2.05, 4.69) is 28.3 Å². The standard InChI is InChI=1S/C22H28FN3/c1-26-13-11-18(22(26)17-4-3-12-24-14-17)15-25-21-6-2-5-20(21)16-7-9-19(23)10-8-16/h3-4,7-10,12,14,18,20-22,25H,2,5-6,11,13,15H2,1H3/t18-,20?,21?,22-/m0/s1. The van der Waals surface area contributed by atoms with Gasteiger partial charge < -0.3 is 5.32 Å². The summed E-state index contributed by atoms with van der Waals surface area (Å²) in [5.41, 5.74) is 2.59. The molecular formula is C22H28FN3. The van der Waals surface area contributed by atoms with Gasteiger partial charge in [0, 0.05) is 31.0 Å². The van der Waals surface area contributed by atoms with Crippen molar-refractivity contribution >= 4 is 0 Å². The fourth-order valence-corrected chi connectivity index (χ4v) is 4.93. The molecule has 2 heterocycles. The molecule has 1 N–H and O–H groups in total. The highest BCUT2D eigenvalue weighted by Crippen LogP contribution is 2.38. The SMILES string of the molecule is CN1CC[C@@H](CNC2CCCC2c2ccc(F)cc2)[C@@H]1c1cccnc1. The number of nitrogens with zero attached hydrogens (tertiary/aromatic N) is 2. The van der Waals surface area contributed by atoms with Gasteiger partial charge in [0.2, 0.25) is 0 Å². The topological polar surface area (TPSA) is 28.2 Å². The van der Waals surface area contributed by atoms with Crippen LogP contribution >= 0.6 is 0 Å². The van der Waals surface area contributed by atoms with Gasteiger partial charge in [0.25, 0.3) is 0 Å². The van der Waals surface area contributed by atoms with Crippen LogP contribution in [-0.4, -0.2) is 36.1 Å². The maximum atomic E-state index is 13.2. The number of hydrogen-bond acceptors (Lipinski definition) is 3. The number of halogens is 1. The molecule has 2 aromatic rings. The Kier molecular flexibility index (Phi) is 5.32. The Hall–Kier alpha value is -1.78. The van der Waals surface area contributed by atoms with Crippen LogP contribution in [0.1, 0.15) is 48.8 Å². The monoisotopic (exact) mass is 353 g/mol. The van der Waals surface area contributed by atoms with E-state index in [0.29, 0.717) is 23.9 Å². The van der Waals surface area contributed by atoms with E-state index < -0.39 is 0 Å². The minimum atomic E-state index is -0.149. The van der Waals surface area contributed by atoms with E-state index in [1.807, 2.05) is 30.6 Å². The molecule has 0 bridgehead atoms. The summed E-state index contributed by atoms with van der Waals surface area (Å²) in [5.74, 6) is 0.967. The minimum Gasteiger partial charge on any atom is -0.313 e. The highest BCUT2D eigenvalue weighted by atomic mass is 19.1. The van der Waals surface area contributed by atoms with Crippen LogP contribution in [0.4, 0.5) is 4.39 Å². The zero-order chi connectivity index (χ0) is 17.9. The largest absolute Gasteiger partial charge is 0.313 e. The lowest BCUT2D eigenvalue weighted by atomic mass is 9.91. The lowest BCUT2D eigenvalue weighted by Gasteiger charge is -2.28. The predicted octanol–water partition coefficient (Wildman–Crippen LogP) is 4.14. The molecule has 1 saturated carbocycles. The molecule has 1 saturated heterocycles. The quantitative estimate of drug-likeness (QED) is 0.876. The van der Waals surface area contributed by atoms with Crippen molar-refractivity contribution in [2.24, 2.45) is 5.92 Å². The molecule has 2 unspecified atom stereocenters. The van der Waals surface area contributed by atoms with E-state index in [-0.39, 0.29) is 5.82 Å². The van der Waals surface area contributed by atoms with Crippen LogP contribution in [0, 0.1) is 11.7 Å². The van der Waals surface area contributed by atoms with Gasteiger partial charge in [-0.15, -0.1) is 0 Å². The van der Waals surface area contributed by atoms with Gasteiger partial charge in [-0.05, 0) is 74.0 Å². The number of rotatable bonds is 5. The lowest BCUT2D eigenvalue weighted by molar-refractivity contribution is 0.265. The Bertz CT molecular complexity index is 703. The molecule has 4 rings (SSSR count). The summed E-state index contributed by atoms with van der Waals surface area (Å²) >= 11 is 0. The van der Waals surface area contributed by atoms with Crippen molar-refractivity contribution in [2.75, 3.05) is 20.1 Å². The molecule has 3 nitrogen and oxygen atoms in total. The molecule has 2 aliphatic rings. The average Bonchev–Trinajstić information content (AvgIpc) is 3.28. The first kappa shape index (κ1) is 17.6. The van der Waals surface area contributed by atoms with Crippen LogP contribution in [0.2, 0.25) is 0 Å². The van der Waals surface area contributed by atoms with Crippen LogP contribution in [0.25, 0.3) is 0 Å². The van der Waals surface area contributed by atoms with E-state index in [1.165, 1.54) is 36.8 Å². The van der Waals surface area contributed by atoms with Crippen molar-refractivity contribution in [3.05, 3.63) is 65.7 Å². The van der Waals surface area contributed by atoms with E-state index >= 15 is 0 Å². The van der Waals surface area contributed by atoms with Crippen LogP contribution in [0.15, 0.2) is 48.8 Å². The third-order valence-corrected chi connectivity index (χ3v) is 6.26. The minimum absolute atomic E-state index is 0.149. The summed E-state index contributed by atoms with van der Waals surface area (Å²) < 4.78 is 13.2. The number of likely N-dealkylation sites (tertiary alicyclic amines) is 1. The molecule has 26 heavy (non-hydrogen) atoms. The second kappa shape index (κ2) is 7.85. The van der Waals surface area contributed by atoms with Crippen LogP contribution in [-0.2, 0) is 0 Å². The normalized spacial score (nSPS) is 29.3. The Balaban J connectivity index is 1.42. The smallest absolute Gasteiger partial charge is 0.123 e. The van der Waals surface area contributed by atoms with Gasteiger partial charge in [-0.1, -0.05) is 24.6 Å². The van der Waals surface area contributed by atoms with Crippen molar-refractivity contribution in [3.8, 4) is 0 Å². The second-order valence-corrected chi connectivity index (χ2v) is 7.86. The first-order valence-electron chi connectivity index (χ1n) is 9.81. The van der Waals surface area contributed by atoms with Gasteiger partial charge in [0.15, 0.2) is 0 Å². The summed E-state index contributed by atoms with van der Waals surface area (Å²) in [4.78, 5) is 6.77. The van der Waals surface area contributed by atoms with E-state index in [9.17, 15) is 4.39 Å². The van der Waals surface area contributed by atoms with Gasteiger partial charge in [-0.2, -0.15) is 0 Å². The van der Waals surface area contributed by atoms with Crippen molar-refractivity contribution in [2.45, 2.75) is 43.7 Å². The average molecular weight is 353 g/mol. The highest BCUT2D eigenvalue weighted by molar-refractivity contribution is 5.23. The van der Waals surface area contributed by atoms with Gasteiger partial charge in [0.1, 0.15) is 5.82 Å². The molecule has 1 aliphatic heterocycles. The molecule has 1 aromatic carbocycles. The van der Waals surface area contributed by atoms with Crippen molar-refractivity contribution < 1.29 is 4.39 Å². The molecule has 2 fully saturated rings. The van der Waals surface area contributed by atoms with E-state index in [4.69, 9.17) is 0 Å². The zero-order valence-electron chi connectivity index (χ0n) is 15.4. The number of benzene rings is 1. The summed E-state index contributed by atoms with van der Waals surface area (Å²) in [6.07, 6.45) is 8.73. The molecule has 0 spiro atoms. The van der Waals surface area contributed by atoms with Crippen molar-refractivity contribution in [3.63, 3.8) is 0 Å². The van der Waals surface area contributed by atoms with Gasteiger partial charge in [-0.25, -0.2) is 4.39 Å². The second-order valence-electron chi connectivity index (χ2n) is 7.86.